The van der Waals surface area contributed by atoms with Crippen LogP contribution in [0.4, 0.5) is 0 Å². The molecule has 0 nitrogen and oxygen atoms in total. The topological polar surface area (TPSA) is 0 Å². The SMILES string of the molecule is C/C=C\C(=C/C)C1(c2ccccc2)c2ccccc2-c2ccc(C)cc21. The van der Waals surface area contributed by atoms with Gasteiger partial charge in [0.2, 0.25) is 0 Å². The first kappa shape index (κ1) is 16.6. The maximum Gasteiger partial charge on any atom is 0.0710 e. The van der Waals surface area contributed by atoms with Crippen LogP contribution in [0.2, 0.25) is 0 Å². The number of hydrogen-bond acceptors (Lipinski definition) is 0. The molecule has 0 N–H and O–H groups in total. The van der Waals surface area contributed by atoms with Crippen molar-refractivity contribution >= 4 is 0 Å². The van der Waals surface area contributed by atoms with Crippen molar-refractivity contribution in [3.05, 3.63) is 119 Å². The molecule has 0 amide bonds. The quantitative estimate of drug-likeness (QED) is 0.460. The summed E-state index contributed by atoms with van der Waals surface area (Å²) in [4.78, 5) is 0. The van der Waals surface area contributed by atoms with Crippen LogP contribution in [0.3, 0.4) is 0 Å². The average molecular weight is 336 g/mol. The molecule has 0 spiro atoms. The van der Waals surface area contributed by atoms with E-state index in [0.717, 1.165) is 0 Å². The molecule has 1 aliphatic rings. The smallest absolute Gasteiger partial charge is 0.0710 e. The van der Waals surface area contributed by atoms with Crippen molar-refractivity contribution in [3.8, 4) is 11.1 Å². The van der Waals surface area contributed by atoms with Gasteiger partial charge in [-0.05, 0) is 54.2 Å². The molecule has 0 heteroatoms. The summed E-state index contributed by atoms with van der Waals surface area (Å²) >= 11 is 0. The van der Waals surface area contributed by atoms with E-state index in [1.165, 1.54) is 39.0 Å². The molecular formula is C26H24. The highest BCUT2D eigenvalue weighted by Crippen LogP contribution is 2.56. The van der Waals surface area contributed by atoms with Crippen molar-refractivity contribution in [1.82, 2.24) is 0 Å². The normalized spacial score (nSPS) is 18.8. The van der Waals surface area contributed by atoms with Crippen molar-refractivity contribution in [1.29, 1.82) is 0 Å². The molecule has 0 bridgehead atoms. The van der Waals surface area contributed by atoms with Crippen LogP contribution in [0.15, 0.2) is 96.6 Å². The van der Waals surface area contributed by atoms with Gasteiger partial charge in [-0.3, -0.25) is 0 Å². The second-order valence-corrected chi connectivity index (χ2v) is 6.95. The van der Waals surface area contributed by atoms with E-state index < -0.39 is 0 Å². The number of rotatable bonds is 3. The summed E-state index contributed by atoms with van der Waals surface area (Å²) in [6.07, 6.45) is 6.68. The fraction of sp³-hybridized carbons (Fsp3) is 0.154. The van der Waals surface area contributed by atoms with Gasteiger partial charge in [-0.25, -0.2) is 0 Å². The van der Waals surface area contributed by atoms with Crippen LogP contribution < -0.4 is 0 Å². The molecule has 0 saturated heterocycles. The monoisotopic (exact) mass is 336 g/mol. The molecule has 4 rings (SSSR count). The molecule has 0 heterocycles. The lowest BCUT2D eigenvalue weighted by Crippen LogP contribution is -2.29. The molecule has 1 atom stereocenters. The number of benzene rings is 3. The first-order valence-corrected chi connectivity index (χ1v) is 9.29. The minimum atomic E-state index is -0.263. The second-order valence-electron chi connectivity index (χ2n) is 6.95. The maximum absolute atomic E-state index is 2.37. The Balaban J connectivity index is 2.20. The molecule has 1 aliphatic carbocycles. The highest BCUT2D eigenvalue weighted by Gasteiger charge is 2.46. The molecule has 0 fully saturated rings. The number of allylic oxidation sites excluding steroid dienone is 4. The number of aryl methyl sites for hydroxylation is 1. The van der Waals surface area contributed by atoms with E-state index in [1.54, 1.807) is 0 Å². The van der Waals surface area contributed by atoms with Gasteiger partial charge in [0.15, 0.2) is 0 Å². The molecule has 3 aromatic carbocycles. The average Bonchev–Trinajstić information content (AvgIpc) is 2.97. The van der Waals surface area contributed by atoms with Gasteiger partial charge in [-0.2, -0.15) is 0 Å². The highest BCUT2D eigenvalue weighted by atomic mass is 14.5. The van der Waals surface area contributed by atoms with Crippen molar-refractivity contribution < 1.29 is 0 Å². The Hall–Kier alpha value is -2.86. The summed E-state index contributed by atoms with van der Waals surface area (Å²) in [6, 6.07) is 26.7. The van der Waals surface area contributed by atoms with Crippen molar-refractivity contribution in [2.24, 2.45) is 0 Å². The molecule has 1 unspecified atom stereocenters. The van der Waals surface area contributed by atoms with E-state index in [9.17, 15) is 0 Å². The minimum absolute atomic E-state index is 0.263. The van der Waals surface area contributed by atoms with Gasteiger partial charge in [0, 0.05) is 0 Å². The summed E-state index contributed by atoms with van der Waals surface area (Å²) < 4.78 is 0. The van der Waals surface area contributed by atoms with E-state index in [0.29, 0.717) is 0 Å². The molecule has 0 radical (unpaired) electrons. The molecule has 128 valence electrons. The summed E-state index contributed by atoms with van der Waals surface area (Å²) in [5.41, 5.74) is 9.13. The van der Waals surface area contributed by atoms with E-state index in [1.807, 2.05) is 0 Å². The second kappa shape index (κ2) is 6.46. The molecule has 0 aliphatic heterocycles. The summed E-state index contributed by atoms with van der Waals surface area (Å²) in [5, 5.41) is 0. The third-order valence-electron chi connectivity index (χ3n) is 5.50. The predicted molar refractivity (Wildman–Crippen MR) is 112 cm³/mol. The number of hydrogen-bond donors (Lipinski definition) is 0. The lowest BCUT2D eigenvalue weighted by molar-refractivity contribution is 0.764. The van der Waals surface area contributed by atoms with E-state index >= 15 is 0 Å². The molecule has 0 aromatic heterocycles. The van der Waals surface area contributed by atoms with Crippen LogP contribution in [0.25, 0.3) is 11.1 Å². The summed E-state index contributed by atoms with van der Waals surface area (Å²) in [7, 11) is 0. The van der Waals surface area contributed by atoms with Gasteiger partial charge < -0.3 is 0 Å². The molecular weight excluding hydrogens is 312 g/mol. The summed E-state index contributed by atoms with van der Waals surface area (Å²) in [5.74, 6) is 0. The van der Waals surface area contributed by atoms with Crippen LogP contribution in [-0.2, 0) is 5.41 Å². The first-order valence-electron chi connectivity index (χ1n) is 9.29. The zero-order valence-corrected chi connectivity index (χ0v) is 15.7. The standard InChI is InChI=1S/C26H24/c1-4-11-20(5-2)26(21-12-7-6-8-13-21)24-15-10-9-14-22(24)23-17-16-19(3)18-25(23)26/h4-18H,1-3H3/b11-4-,20-5+. The Morgan fingerprint density at radius 1 is 0.769 bits per heavy atom. The van der Waals surface area contributed by atoms with E-state index in [4.69, 9.17) is 0 Å². The largest absolute Gasteiger partial charge is 0.0873 e. The Bertz CT molecular complexity index is 1010. The zero-order valence-electron chi connectivity index (χ0n) is 15.7. The van der Waals surface area contributed by atoms with Gasteiger partial charge in [-0.15, -0.1) is 0 Å². The lowest BCUT2D eigenvalue weighted by Gasteiger charge is -2.35. The van der Waals surface area contributed by atoms with Crippen molar-refractivity contribution in [3.63, 3.8) is 0 Å². The first-order chi connectivity index (χ1) is 12.7. The Morgan fingerprint density at radius 3 is 2.19 bits per heavy atom. The molecule has 3 aromatic rings. The fourth-order valence-electron chi connectivity index (χ4n) is 4.49. The Kier molecular flexibility index (Phi) is 4.12. The minimum Gasteiger partial charge on any atom is -0.0873 e. The van der Waals surface area contributed by atoms with E-state index in [2.05, 4.69) is 112 Å². The summed E-state index contributed by atoms with van der Waals surface area (Å²) in [6.45, 7) is 6.43. The highest BCUT2D eigenvalue weighted by molar-refractivity contribution is 5.86. The predicted octanol–water partition coefficient (Wildman–Crippen LogP) is 6.83. The van der Waals surface area contributed by atoms with Crippen molar-refractivity contribution in [2.45, 2.75) is 26.2 Å². The van der Waals surface area contributed by atoms with Crippen molar-refractivity contribution in [2.75, 3.05) is 0 Å². The van der Waals surface area contributed by atoms with E-state index in [-0.39, 0.29) is 5.41 Å². The van der Waals surface area contributed by atoms with Crippen LogP contribution in [0.5, 0.6) is 0 Å². The third kappa shape index (κ3) is 2.22. The molecule has 26 heavy (non-hydrogen) atoms. The van der Waals surface area contributed by atoms with Crippen LogP contribution in [0.1, 0.15) is 36.1 Å². The van der Waals surface area contributed by atoms with Crippen LogP contribution >= 0.6 is 0 Å². The van der Waals surface area contributed by atoms with Gasteiger partial charge in [0.05, 0.1) is 5.41 Å². The zero-order chi connectivity index (χ0) is 18.1. The fourth-order valence-corrected chi connectivity index (χ4v) is 4.49. The Labute approximate surface area is 156 Å². The Morgan fingerprint density at radius 2 is 1.46 bits per heavy atom. The van der Waals surface area contributed by atoms with Crippen LogP contribution in [-0.4, -0.2) is 0 Å². The maximum atomic E-state index is 2.37. The third-order valence-corrected chi connectivity index (χ3v) is 5.50. The van der Waals surface area contributed by atoms with Gasteiger partial charge in [-0.1, -0.05) is 96.6 Å². The van der Waals surface area contributed by atoms with Gasteiger partial charge in [0.1, 0.15) is 0 Å². The number of fused-ring (bicyclic) bond motifs is 3. The van der Waals surface area contributed by atoms with Gasteiger partial charge >= 0.3 is 0 Å². The van der Waals surface area contributed by atoms with Gasteiger partial charge in [0.25, 0.3) is 0 Å². The lowest BCUT2D eigenvalue weighted by atomic mass is 9.67. The molecule has 0 saturated carbocycles. The van der Waals surface area contributed by atoms with Crippen LogP contribution in [0, 0.1) is 6.92 Å².